The number of aromatic nitrogens is 1. The molecule has 1 fully saturated rings. The average molecular weight is 249 g/mol. The van der Waals surface area contributed by atoms with Gasteiger partial charge in [-0.2, -0.15) is 0 Å². The molecule has 98 valence electrons. The zero-order chi connectivity index (χ0) is 13.0. The summed E-state index contributed by atoms with van der Waals surface area (Å²) < 4.78 is 4.77. The lowest BCUT2D eigenvalue weighted by Gasteiger charge is -2.30. The molecule has 0 amide bonds. The Morgan fingerprint density at radius 1 is 1.50 bits per heavy atom. The Kier molecular flexibility index (Phi) is 4.15. The van der Waals surface area contributed by atoms with Gasteiger partial charge in [-0.25, -0.2) is 4.98 Å². The second-order valence-electron chi connectivity index (χ2n) is 4.63. The lowest BCUT2D eigenvalue weighted by Crippen LogP contribution is -2.36. The summed E-state index contributed by atoms with van der Waals surface area (Å²) in [4.78, 5) is 18.0. The van der Waals surface area contributed by atoms with Crippen molar-refractivity contribution in [3.8, 4) is 0 Å². The lowest BCUT2D eigenvalue weighted by atomic mass is 9.97. The van der Waals surface area contributed by atoms with Gasteiger partial charge >= 0.3 is 5.97 Å². The van der Waals surface area contributed by atoms with Gasteiger partial charge in [0.05, 0.1) is 18.7 Å². The molecular formula is C13H19N3O2. The van der Waals surface area contributed by atoms with Crippen LogP contribution in [0.3, 0.4) is 0 Å². The van der Waals surface area contributed by atoms with Gasteiger partial charge in [0.15, 0.2) is 0 Å². The first-order valence-electron chi connectivity index (χ1n) is 6.20. The van der Waals surface area contributed by atoms with Gasteiger partial charge in [0, 0.05) is 6.54 Å². The number of piperidine rings is 1. The summed E-state index contributed by atoms with van der Waals surface area (Å²) in [5.41, 5.74) is 6.63. The van der Waals surface area contributed by atoms with Gasteiger partial charge in [0.1, 0.15) is 5.82 Å². The Labute approximate surface area is 107 Å². The topological polar surface area (TPSA) is 68.5 Å². The molecule has 0 atom stereocenters. The van der Waals surface area contributed by atoms with Crippen LogP contribution in [0.4, 0.5) is 5.82 Å². The number of anilines is 1. The molecule has 2 rings (SSSR count). The molecule has 0 bridgehead atoms. The van der Waals surface area contributed by atoms with Crippen LogP contribution in [0.2, 0.25) is 0 Å². The fourth-order valence-corrected chi connectivity index (χ4v) is 2.31. The molecule has 1 saturated heterocycles. The van der Waals surface area contributed by atoms with E-state index in [-0.39, 0.29) is 11.9 Å². The molecule has 18 heavy (non-hydrogen) atoms. The Morgan fingerprint density at radius 3 is 2.83 bits per heavy atom. The Bertz CT molecular complexity index is 414. The second-order valence-corrected chi connectivity index (χ2v) is 4.63. The fourth-order valence-electron chi connectivity index (χ4n) is 2.31. The highest BCUT2D eigenvalue weighted by Crippen LogP contribution is 2.19. The van der Waals surface area contributed by atoms with E-state index >= 15 is 0 Å². The number of ether oxygens (including phenoxy) is 1. The number of nitrogen functional groups attached to an aromatic ring is 1. The van der Waals surface area contributed by atoms with Crippen molar-refractivity contribution in [1.82, 2.24) is 9.88 Å². The summed E-state index contributed by atoms with van der Waals surface area (Å²) in [5.74, 6) is 0.522. The molecule has 1 aliphatic heterocycles. The van der Waals surface area contributed by atoms with E-state index in [1.165, 1.54) is 7.11 Å². The molecule has 2 N–H and O–H groups in total. The standard InChI is InChI=1S/C13H19N3O2/c1-18-13(17)10-5-7-16(8-6-10)9-11-3-2-4-12(14)15-11/h2-4,10H,5-9H2,1H3,(H2,14,15). The summed E-state index contributed by atoms with van der Waals surface area (Å²) in [7, 11) is 1.45. The monoisotopic (exact) mass is 249 g/mol. The number of hydrogen-bond donors (Lipinski definition) is 1. The summed E-state index contributed by atoms with van der Waals surface area (Å²) >= 11 is 0. The van der Waals surface area contributed by atoms with Crippen LogP contribution in [0.5, 0.6) is 0 Å². The summed E-state index contributed by atoms with van der Waals surface area (Å²) in [6.45, 7) is 2.59. The van der Waals surface area contributed by atoms with Gasteiger partial charge in [0.2, 0.25) is 0 Å². The Morgan fingerprint density at radius 2 is 2.22 bits per heavy atom. The summed E-state index contributed by atoms with van der Waals surface area (Å²) in [6.07, 6.45) is 1.71. The predicted molar refractivity (Wildman–Crippen MR) is 68.7 cm³/mol. The number of nitrogens with zero attached hydrogens (tertiary/aromatic N) is 2. The Balaban J connectivity index is 1.85. The van der Waals surface area contributed by atoms with Crippen LogP contribution in [-0.2, 0) is 16.1 Å². The molecule has 0 aliphatic carbocycles. The van der Waals surface area contributed by atoms with Crippen molar-refractivity contribution >= 4 is 11.8 Å². The van der Waals surface area contributed by atoms with Gasteiger partial charge in [-0.05, 0) is 38.1 Å². The van der Waals surface area contributed by atoms with Crippen molar-refractivity contribution in [2.75, 3.05) is 25.9 Å². The van der Waals surface area contributed by atoms with Crippen LogP contribution < -0.4 is 5.73 Å². The smallest absolute Gasteiger partial charge is 0.308 e. The number of rotatable bonds is 3. The number of hydrogen-bond acceptors (Lipinski definition) is 5. The molecular weight excluding hydrogens is 230 g/mol. The number of carbonyl (C=O) groups is 1. The maximum atomic E-state index is 11.4. The molecule has 1 aromatic heterocycles. The molecule has 5 heteroatoms. The number of likely N-dealkylation sites (tertiary alicyclic amines) is 1. The quantitative estimate of drug-likeness (QED) is 0.811. The highest BCUT2D eigenvalue weighted by molar-refractivity contribution is 5.72. The van der Waals surface area contributed by atoms with E-state index in [1.807, 2.05) is 12.1 Å². The molecule has 0 aromatic carbocycles. The summed E-state index contributed by atoms with van der Waals surface area (Å²) in [5, 5.41) is 0. The molecule has 0 radical (unpaired) electrons. The molecule has 2 heterocycles. The van der Waals surface area contributed by atoms with Crippen LogP contribution in [0.1, 0.15) is 18.5 Å². The van der Waals surface area contributed by atoms with Gasteiger partial charge < -0.3 is 10.5 Å². The average Bonchev–Trinajstić information content (AvgIpc) is 2.39. The first-order chi connectivity index (χ1) is 8.69. The lowest BCUT2D eigenvalue weighted by molar-refractivity contribution is -0.147. The van der Waals surface area contributed by atoms with Crippen molar-refractivity contribution < 1.29 is 9.53 Å². The second kappa shape index (κ2) is 5.82. The number of carbonyl (C=O) groups excluding carboxylic acids is 1. The minimum Gasteiger partial charge on any atom is -0.469 e. The molecule has 5 nitrogen and oxygen atoms in total. The third-order valence-electron chi connectivity index (χ3n) is 3.34. The number of methoxy groups -OCH3 is 1. The van der Waals surface area contributed by atoms with E-state index in [0.29, 0.717) is 5.82 Å². The molecule has 0 unspecified atom stereocenters. The third kappa shape index (κ3) is 3.20. The normalized spacial score (nSPS) is 17.6. The van der Waals surface area contributed by atoms with Gasteiger partial charge in [-0.3, -0.25) is 9.69 Å². The maximum Gasteiger partial charge on any atom is 0.308 e. The van der Waals surface area contributed by atoms with E-state index in [4.69, 9.17) is 10.5 Å². The maximum absolute atomic E-state index is 11.4. The Hall–Kier alpha value is -1.62. The summed E-state index contributed by atoms with van der Waals surface area (Å²) in [6, 6.07) is 5.68. The van der Waals surface area contributed by atoms with Crippen LogP contribution in [0, 0.1) is 5.92 Å². The van der Waals surface area contributed by atoms with Crippen molar-refractivity contribution in [2.24, 2.45) is 5.92 Å². The highest BCUT2D eigenvalue weighted by Gasteiger charge is 2.25. The van der Waals surface area contributed by atoms with Gasteiger partial charge in [0.25, 0.3) is 0 Å². The SMILES string of the molecule is COC(=O)C1CCN(Cc2cccc(N)n2)CC1. The van der Waals surface area contributed by atoms with Crippen molar-refractivity contribution in [3.05, 3.63) is 23.9 Å². The predicted octanol–water partition coefficient (Wildman–Crippen LogP) is 1.05. The van der Waals surface area contributed by atoms with E-state index in [1.54, 1.807) is 6.07 Å². The third-order valence-corrected chi connectivity index (χ3v) is 3.34. The first kappa shape index (κ1) is 12.8. The van der Waals surface area contributed by atoms with Crippen LogP contribution in [0.15, 0.2) is 18.2 Å². The van der Waals surface area contributed by atoms with Crippen LogP contribution in [0.25, 0.3) is 0 Å². The van der Waals surface area contributed by atoms with Crippen molar-refractivity contribution in [2.45, 2.75) is 19.4 Å². The minimum atomic E-state index is -0.0864. The molecule has 1 aromatic rings. The van der Waals surface area contributed by atoms with E-state index in [0.717, 1.165) is 38.2 Å². The van der Waals surface area contributed by atoms with Crippen molar-refractivity contribution in [3.63, 3.8) is 0 Å². The number of nitrogens with two attached hydrogens (primary N) is 1. The molecule has 0 saturated carbocycles. The van der Waals surface area contributed by atoms with Gasteiger partial charge in [-0.15, -0.1) is 0 Å². The van der Waals surface area contributed by atoms with E-state index in [2.05, 4.69) is 9.88 Å². The molecule has 1 aliphatic rings. The molecule has 0 spiro atoms. The largest absolute Gasteiger partial charge is 0.469 e. The van der Waals surface area contributed by atoms with Gasteiger partial charge in [-0.1, -0.05) is 6.07 Å². The fraction of sp³-hybridized carbons (Fsp3) is 0.538. The highest BCUT2D eigenvalue weighted by atomic mass is 16.5. The van der Waals surface area contributed by atoms with Crippen LogP contribution in [-0.4, -0.2) is 36.1 Å². The van der Waals surface area contributed by atoms with E-state index < -0.39 is 0 Å². The minimum absolute atomic E-state index is 0.0556. The van der Waals surface area contributed by atoms with Crippen molar-refractivity contribution in [1.29, 1.82) is 0 Å². The first-order valence-corrected chi connectivity index (χ1v) is 6.20. The van der Waals surface area contributed by atoms with Crippen LogP contribution >= 0.6 is 0 Å². The zero-order valence-electron chi connectivity index (χ0n) is 10.6. The number of esters is 1. The number of pyridine rings is 1. The van der Waals surface area contributed by atoms with E-state index in [9.17, 15) is 4.79 Å². The zero-order valence-corrected chi connectivity index (χ0v) is 10.6.